The van der Waals surface area contributed by atoms with Crippen molar-refractivity contribution in [3.63, 3.8) is 0 Å². The van der Waals surface area contributed by atoms with Crippen molar-refractivity contribution in [1.29, 1.82) is 0 Å². The van der Waals surface area contributed by atoms with Crippen molar-refractivity contribution in [2.24, 2.45) is 0 Å². The van der Waals surface area contributed by atoms with Crippen molar-refractivity contribution in [3.8, 4) is 0 Å². The molecule has 2 heterocycles. The van der Waals surface area contributed by atoms with Crippen molar-refractivity contribution in [3.05, 3.63) is 94.5 Å². The van der Waals surface area contributed by atoms with Crippen LogP contribution in [0.1, 0.15) is 50.2 Å². The van der Waals surface area contributed by atoms with E-state index >= 15 is 0 Å². The zero-order valence-corrected chi connectivity index (χ0v) is 20.5. The first-order valence-corrected chi connectivity index (χ1v) is 12.2. The number of benzene rings is 3. The third-order valence-corrected chi connectivity index (χ3v) is 6.76. The maximum absolute atomic E-state index is 13.1. The fourth-order valence-corrected chi connectivity index (χ4v) is 4.81. The third kappa shape index (κ3) is 5.33. The van der Waals surface area contributed by atoms with E-state index in [1.807, 2.05) is 0 Å². The molecule has 11 heteroatoms. The Morgan fingerprint density at radius 1 is 1.00 bits per heavy atom. The number of nitrogens with zero attached hydrogens (tertiary/aromatic N) is 1. The van der Waals surface area contributed by atoms with Crippen LogP contribution in [0.2, 0.25) is 0 Å². The number of rotatable bonds is 6. The molecular formula is C28H23F3N4O4. The molecule has 0 bridgehead atoms. The predicted octanol–water partition coefficient (Wildman–Crippen LogP) is 4.14. The van der Waals surface area contributed by atoms with E-state index in [1.165, 1.54) is 17.0 Å². The molecular weight excluding hydrogens is 513 g/mol. The average molecular weight is 537 g/mol. The molecule has 3 aromatic rings. The molecule has 2 aliphatic rings. The molecule has 4 amide bonds. The van der Waals surface area contributed by atoms with E-state index < -0.39 is 29.6 Å². The van der Waals surface area contributed by atoms with Gasteiger partial charge >= 0.3 is 6.18 Å². The van der Waals surface area contributed by atoms with Gasteiger partial charge in [-0.15, -0.1) is 0 Å². The maximum Gasteiger partial charge on any atom is 0.416 e. The number of halogens is 3. The lowest BCUT2D eigenvalue weighted by atomic mass is 10.0. The third-order valence-electron chi connectivity index (χ3n) is 6.76. The molecule has 8 nitrogen and oxygen atoms in total. The van der Waals surface area contributed by atoms with E-state index in [4.69, 9.17) is 0 Å². The second kappa shape index (κ2) is 10.2. The molecule has 0 spiro atoms. The zero-order chi connectivity index (χ0) is 27.7. The number of alkyl halides is 3. The molecule has 39 heavy (non-hydrogen) atoms. The minimum Gasteiger partial charge on any atom is -0.355 e. The number of imide groups is 1. The van der Waals surface area contributed by atoms with Crippen molar-refractivity contribution in [2.75, 3.05) is 5.32 Å². The molecule has 1 unspecified atom stereocenters. The van der Waals surface area contributed by atoms with Gasteiger partial charge in [-0.2, -0.15) is 13.2 Å². The topological polar surface area (TPSA) is 108 Å². The van der Waals surface area contributed by atoms with Crippen LogP contribution < -0.4 is 16.0 Å². The van der Waals surface area contributed by atoms with Crippen LogP contribution in [0.5, 0.6) is 0 Å². The monoisotopic (exact) mass is 536 g/mol. The molecule has 0 saturated carbocycles. The summed E-state index contributed by atoms with van der Waals surface area (Å²) in [7, 11) is 0. The Morgan fingerprint density at radius 3 is 2.54 bits per heavy atom. The standard InChI is InChI=1S/C28H23F3N4O4/c29-28(30,31)17-6-4-7-18(13-17)33-22-10-2-1-8-20(22)25(37)32-14-16-5-3-9-19-21(16)15-35(27(19)39)23-11-12-24(36)34-26(23)38/h1-10,13,23,33H,11-12,14-15H2,(H,32,37)(H,34,36,38). The molecule has 0 aromatic heterocycles. The van der Waals surface area contributed by atoms with Crippen LogP contribution >= 0.6 is 0 Å². The fraction of sp³-hybridized carbons (Fsp3) is 0.214. The van der Waals surface area contributed by atoms with Crippen LogP contribution in [0.15, 0.2) is 66.7 Å². The highest BCUT2D eigenvalue weighted by Crippen LogP contribution is 2.32. The number of nitrogens with one attached hydrogen (secondary N) is 3. The van der Waals surface area contributed by atoms with Crippen molar-refractivity contribution in [1.82, 2.24) is 15.5 Å². The van der Waals surface area contributed by atoms with Gasteiger partial charge in [-0.25, -0.2) is 0 Å². The lowest BCUT2D eigenvalue weighted by Gasteiger charge is -2.29. The summed E-state index contributed by atoms with van der Waals surface area (Å²) < 4.78 is 39.3. The van der Waals surface area contributed by atoms with Gasteiger partial charge in [-0.05, 0) is 53.9 Å². The van der Waals surface area contributed by atoms with Crippen LogP contribution in [0, 0.1) is 0 Å². The maximum atomic E-state index is 13.1. The molecule has 3 N–H and O–H groups in total. The number of anilines is 2. The van der Waals surface area contributed by atoms with Gasteiger partial charge in [-0.3, -0.25) is 24.5 Å². The molecule has 200 valence electrons. The molecule has 3 aromatic carbocycles. The van der Waals surface area contributed by atoms with Crippen LogP contribution in [0.3, 0.4) is 0 Å². The number of hydrogen-bond donors (Lipinski definition) is 3. The van der Waals surface area contributed by atoms with E-state index in [0.717, 1.165) is 12.1 Å². The highest BCUT2D eigenvalue weighted by molar-refractivity contribution is 6.05. The Balaban J connectivity index is 1.31. The van der Waals surface area contributed by atoms with Crippen molar-refractivity contribution < 1.29 is 32.3 Å². The minimum absolute atomic E-state index is 0.0797. The van der Waals surface area contributed by atoms with E-state index in [2.05, 4.69) is 16.0 Å². The van der Waals surface area contributed by atoms with Gasteiger partial charge in [0.25, 0.3) is 11.8 Å². The second-order valence-electron chi connectivity index (χ2n) is 9.28. The predicted molar refractivity (Wildman–Crippen MR) is 135 cm³/mol. The highest BCUT2D eigenvalue weighted by atomic mass is 19.4. The summed E-state index contributed by atoms with van der Waals surface area (Å²) in [4.78, 5) is 51.4. The smallest absolute Gasteiger partial charge is 0.355 e. The van der Waals surface area contributed by atoms with Gasteiger partial charge in [0.1, 0.15) is 6.04 Å². The van der Waals surface area contributed by atoms with E-state index in [9.17, 15) is 32.3 Å². The summed E-state index contributed by atoms with van der Waals surface area (Å²) >= 11 is 0. The van der Waals surface area contributed by atoms with Gasteiger partial charge in [0, 0.05) is 30.8 Å². The molecule has 1 atom stereocenters. The largest absolute Gasteiger partial charge is 0.416 e. The van der Waals surface area contributed by atoms with Crippen LogP contribution in [-0.2, 0) is 28.9 Å². The first-order valence-electron chi connectivity index (χ1n) is 12.2. The second-order valence-corrected chi connectivity index (χ2v) is 9.28. The molecule has 1 fully saturated rings. The van der Waals surface area contributed by atoms with Crippen molar-refractivity contribution >= 4 is 35.0 Å². The highest BCUT2D eigenvalue weighted by Gasteiger charge is 2.39. The number of fused-ring (bicyclic) bond motifs is 1. The number of hydrogen-bond acceptors (Lipinski definition) is 5. The average Bonchev–Trinajstić information content (AvgIpc) is 3.24. The van der Waals surface area contributed by atoms with Gasteiger partial charge in [0.2, 0.25) is 11.8 Å². The van der Waals surface area contributed by atoms with Crippen LogP contribution in [0.4, 0.5) is 24.5 Å². The number of carbonyl (C=O) groups is 4. The van der Waals surface area contributed by atoms with Gasteiger partial charge in [0.05, 0.1) is 16.8 Å². The van der Waals surface area contributed by atoms with E-state index in [0.29, 0.717) is 22.4 Å². The van der Waals surface area contributed by atoms with E-state index in [-0.39, 0.29) is 49.0 Å². The minimum atomic E-state index is -4.50. The lowest BCUT2D eigenvalue weighted by molar-refractivity contribution is -0.138. The SMILES string of the molecule is O=C1CCC(N2Cc3c(CNC(=O)c4ccccc4Nc4cccc(C(F)(F)F)c4)cccc3C2=O)C(=O)N1. The van der Waals surface area contributed by atoms with E-state index in [1.54, 1.807) is 42.5 Å². The first-order chi connectivity index (χ1) is 18.6. The van der Waals surface area contributed by atoms with Gasteiger partial charge in [-0.1, -0.05) is 30.3 Å². The quantitative estimate of drug-likeness (QED) is 0.411. The number of para-hydroxylation sites is 1. The molecule has 5 rings (SSSR count). The van der Waals surface area contributed by atoms with Gasteiger partial charge < -0.3 is 15.5 Å². The Labute approximate surface area is 221 Å². The molecule has 0 radical (unpaired) electrons. The summed E-state index contributed by atoms with van der Waals surface area (Å²) in [6, 6.07) is 15.5. The summed E-state index contributed by atoms with van der Waals surface area (Å²) in [5.41, 5.74) is 1.72. The Kier molecular flexibility index (Phi) is 6.81. The summed E-state index contributed by atoms with van der Waals surface area (Å²) in [6.45, 7) is 0.247. The zero-order valence-electron chi connectivity index (χ0n) is 20.5. The van der Waals surface area contributed by atoms with Gasteiger partial charge in [0.15, 0.2) is 0 Å². The number of piperidine rings is 1. The van der Waals surface area contributed by atoms with Crippen LogP contribution in [-0.4, -0.2) is 34.6 Å². The van der Waals surface area contributed by atoms with Crippen molar-refractivity contribution in [2.45, 2.75) is 38.1 Å². The Bertz CT molecular complexity index is 1490. The fourth-order valence-electron chi connectivity index (χ4n) is 4.81. The molecule has 0 aliphatic carbocycles. The molecule has 1 saturated heterocycles. The summed E-state index contributed by atoms with van der Waals surface area (Å²) in [5.74, 6) is -1.66. The Morgan fingerprint density at radius 2 is 1.77 bits per heavy atom. The number of carbonyl (C=O) groups excluding carboxylic acids is 4. The summed E-state index contributed by atoms with van der Waals surface area (Å²) in [5, 5.41) is 7.97. The molecule has 2 aliphatic heterocycles. The summed E-state index contributed by atoms with van der Waals surface area (Å²) in [6.07, 6.45) is -4.11. The first kappa shape index (κ1) is 26.0. The van der Waals surface area contributed by atoms with Crippen LogP contribution in [0.25, 0.3) is 0 Å². The normalized spacial score (nSPS) is 17.1. The number of amides is 4. The lowest BCUT2D eigenvalue weighted by Crippen LogP contribution is -2.52. The Hall–Kier alpha value is -4.67.